The van der Waals surface area contributed by atoms with Crippen molar-refractivity contribution in [1.29, 1.82) is 5.26 Å². The maximum Gasteiger partial charge on any atom is 0.407 e. The Kier molecular flexibility index (Phi) is 5.61. The van der Waals surface area contributed by atoms with Crippen molar-refractivity contribution < 1.29 is 19.9 Å². The monoisotopic (exact) mass is 397 g/mol. The van der Waals surface area contributed by atoms with E-state index in [1.165, 1.54) is 23.4 Å². The average Bonchev–Trinajstić information content (AvgIpc) is 2.72. The molecule has 2 N–H and O–H groups in total. The molecule has 10 nitrogen and oxygen atoms in total. The predicted octanol–water partition coefficient (Wildman–Crippen LogP) is 2.08. The van der Waals surface area contributed by atoms with Gasteiger partial charge in [-0.15, -0.1) is 0 Å². The summed E-state index contributed by atoms with van der Waals surface area (Å²) in [6.07, 6.45) is 1.90. The summed E-state index contributed by atoms with van der Waals surface area (Å²) in [6, 6.07) is 7.05. The average molecular weight is 397 g/mol. The highest BCUT2D eigenvalue weighted by Gasteiger charge is 2.36. The van der Waals surface area contributed by atoms with E-state index in [0.717, 1.165) is 0 Å². The second-order valence-corrected chi connectivity index (χ2v) is 6.77. The number of nitro benzene ring substituents is 1. The van der Waals surface area contributed by atoms with E-state index in [2.05, 4.69) is 11.1 Å². The van der Waals surface area contributed by atoms with Crippen LogP contribution in [0.25, 0.3) is 11.1 Å². The number of benzene rings is 1. The zero-order valence-electron chi connectivity index (χ0n) is 15.6. The number of anilines is 1. The quantitative estimate of drug-likeness (QED) is 0.589. The van der Waals surface area contributed by atoms with Gasteiger partial charge in [0.15, 0.2) is 0 Å². The highest BCUT2D eigenvalue weighted by molar-refractivity contribution is 5.78. The molecule has 0 bridgehead atoms. The molecular weight excluding hydrogens is 378 g/mol. The van der Waals surface area contributed by atoms with Crippen LogP contribution in [-0.4, -0.2) is 62.9 Å². The number of aliphatic hydroxyl groups excluding tert-OH is 1. The van der Waals surface area contributed by atoms with Crippen molar-refractivity contribution in [2.45, 2.75) is 19.0 Å². The molecule has 1 aliphatic heterocycles. The number of rotatable bonds is 4. The molecule has 10 heteroatoms. The highest BCUT2D eigenvalue weighted by atomic mass is 16.6. The van der Waals surface area contributed by atoms with E-state index in [0.29, 0.717) is 16.7 Å². The van der Waals surface area contributed by atoms with E-state index in [1.54, 1.807) is 30.0 Å². The van der Waals surface area contributed by atoms with Crippen LogP contribution in [0.5, 0.6) is 0 Å². The molecule has 1 aromatic carbocycles. The largest absolute Gasteiger partial charge is 0.465 e. The van der Waals surface area contributed by atoms with E-state index in [-0.39, 0.29) is 31.1 Å². The minimum Gasteiger partial charge on any atom is -0.465 e. The zero-order chi connectivity index (χ0) is 21.1. The minimum atomic E-state index is -1.10. The molecule has 150 valence electrons. The lowest BCUT2D eigenvalue weighted by molar-refractivity contribution is -0.384. The summed E-state index contributed by atoms with van der Waals surface area (Å²) in [5.41, 5.74) is 1.58. The number of nitrogens with zero attached hydrogens (tertiary/aromatic N) is 5. The Labute approximate surface area is 166 Å². The van der Waals surface area contributed by atoms with Crippen LogP contribution in [0.1, 0.15) is 12.5 Å². The fraction of sp³-hybridized carbons (Fsp3) is 0.316. The third kappa shape index (κ3) is 3.81. The molecule has 3 rings (SSSR count). The van der Waals surface area contributed by atoms with Crippen molar-refractivity contribution in [2.75, 3.05) is 24.6 Å². The van der Waals surface area contributed by atoms with E-state index >= 15 is 0 Å². The number of nitriles is 1. The van der Waals surface area contributed by atoms with Crippen LogP contribution in [-0.2, 0) is 0 Å². The van der Waals surface area contributed by atoms with Gasteiger partial charge in [0.1, 0.15) is 5.69 Å². The third-order valence-electron chi connectivity index (χ3n) is 5.03. The first-order valence-electron chi connectivity index (χ1n) is 8.87. The number of piperazine rings is 1. The molecule has 1 aliphatic rings. The maximum atomic E-state index is 11.6. The number of hydrogen-bond acceptors (Lipinski definition) is 7. The molecule has 2 aromatic rings. The van der Waals surface area contributed by atoms with Crippen LogP contribution in [0.2, 0.25) is 0 Å². The summed E-state index contributed by atoms with van der Waals surface area (Å²) in [6.45, 7) is 1.54. The van der Waals surface area contributed by atoms with Gasteiger partial charge >= 0.3 is 6.09 Å². The van der Waals surface area contributed by atoms with Crippen molar-refractivity contribution in [1.82, 2.24) is 9.88 Å². The van der Waals surface area contributed by atoms with Gasteiger partial charge in [0.2, 0.25) is 0 Å². The molecule has 1 aromatic heterocycles. The lowest BCUT2D eigenvalue weighted by atomic mass is 9.99. The number of pyridine rings is 1. The fourth-order valence-corrected chi connectivity index (χ4v) is 3.55. The summed E-state index contributed by atoms with van der Waals surface area (Å²) >= 11 is 0. The first kappa shape index (κ1) is 20.0. The van der Waals surface area contributed by atoms with Gasteiger partial charge in [0.25, 0.3) is 5.69 Å². The highest BCUT2D eigenvalue weighted by Crippen LogP contribution is 2.36. The van der Waals surface area contributed by atoms with Gasteiger partial charge in [-0.25, -0.2) is 4.79 Å². The summed E-state index contributed by atoms with van der Waals surface area (Å²) in [5, 5.41) is 40.2. The molecule has 0 saturated carbocycles. The molecule has 2 unspecified atom stereocenters. The van der Waals surface area contributed by atoms with Gasteiger partial charge in [-0.2, -0.15) is 5.26 Å². The van der Waals surface area contributed by atoms with Crippen LogP contribution < -0.4 is 4.90 Å². The molecule has 0 spiro atoms. The SMILES string of the molecule is CC1CN(c2cc(-c3cnccc3C#N)ccc2[N+](=O)[O-])C(CO)CN1C(=O)O. The second-order valence-electron chi connectivity index (χ2n) is 6.77. The van der Waals surface area contributed by atoms with Crippen LogP contribution in [0, 0.1) is 21.4 Å². The Morgan fingerprint density at radius 3 is 2.79 bits per heavy atom. The molecule has 0 radical (unpaired) electrons. The number of amides is 1. The number of carbonyl (C=O) groups is 1. The molecule has 2 heterocycles. The predicted molar refractivity (Wildman–Crippen MR) is 103 cm³/mol. The Morgan fingerprint density at radius 1 is 1.41 bits per heavy atom. The van der Waals surface area contributed by atoms with Gasteiger partial charge in [-0.05, 0) is 30.7 Å². The van der Waals surface area contributed by atoms with E-state index in [1.807, 2.05) is 0 Å². The number of carboxylic acid groups (broad SMARTS) is 1. The van der Waals surface area contributed by atoms with Gasteiger partial charge in [-0.1, -0.05) is 0 Å². The molecule has 1 amide bonds. The molecule has 0 aliphatic carbocycles. The number of aliphatic hydroxyl groups is 1. The van der Waals surface area contributed by atoms with Crippen LogP contribution >= 0.6 is 0 Å². The van der Waals surface area contributed by atoms with Crippen molar-refractivity contribution in [3.05, 3.63) is 52.3 Å². The van der Waals surface area contributed by atoms with E-state index < -0.39 is 23.1 Å². The summed E-state index contributed by atoms with van der Waals surface area (Å²) in [7, 11) is 0. The smallest absolute Gasteiger partial charge is 0.407 e. The van der Waals surface area contributed by atoms with Gasteiger partial charge < -0.3 is 20.0 Å². The normalized spacial score (nSPS) is 18.9. The van der Waals surface area contributed by atoms with E-state index in [9.17, 15) is 30.4 Å². The Balaban J connectivity index is 2.11. The fourth-order valence-electron chi connectivity index (χ4n) is 3.55. The van der Waals surface area contributed by atoms with Crippen LogP contribution in [0.3, 0.4) is 0 Å². The van der Waals surface area contributed by atoms with Crippen LogP contribution in [0.4, 0.5) is 16.2 Å². The first-order chi connectivity index (χ1) is 13.9. The number of hydrogen-bond donors (Lipinski definition) is 2. The Bertz CT molecular complexity index is 989. The molecule has 2 atom stereocenters. The second kappa shape index (κ2) is 8.12. The summed E-state index contributed by atoms with van der Waals surface area (Å²) in [5.74, 6) is 0. The van der Waals surface area contributed by atoms with Crippen molar-refractivity contribution in [3.8, 4) is 17.2 Å². The van der Waals surface area contributed by atoms with Crippen molar-refractivity contribution >= 4 is 17.5 Å². The van der Waals surface area contributed by atoms with Gasteiger partial charge in [0, 0.05) is 43.2 Å². The Hall–Kier alpha value is -3.71. The first-order valence-corrected chi connectivity index (χ1v) is 8.87. The zero-order valence-corrected chi connectivity index (χ0v) is 15.6. The molecular formula is C19H19N5O5. The lowest BCUT2D eigenvalue weighted by Crippen LogP contribution is -2.60. The van der Waals surface area contributed by atoms with Crippen molar-refractivity contribution in [3.63, 3.8) is 0 Å². The number of nitro groups is 1. The third-order valence-corrected chi connectivity index (χ3v) is 5.03. The van der Waals surface area contributed by atoms with Crippen molar-refractivity contribution in [2.24, 2.45) is 0 Å². The Morgan fingerprint density at radius 2 is 2.17 bits per heavy atom. The number of aromatic nitrogens is 1. The van der Waals surface area contributed by atoms with E-state index in [4.69, 9.17) is 0 Å². The van der Waals surface area contributed by atoms with Gasteiger partial charge in [0.05, 0.1) is 29.2 Å². The lowest BCUT2D eigenvalue weighted by Gasteiger charge is -2.44. The standard InChI is InChI=1S/C19H19N5O5/c1-12-9-23(15(11-25)10-22(12)19(26)27)18-6-13(2-3-17(18)24(28)29)16-8-21-5-4-14(16)7-20/h2-6,8,12,15,25H,9-11H2,1H3,(H,26,27). The topological polar surface area (TPSA) is 144 Å². The molecule has 29 heavy (non-hydrogen) atoms. The minimum absolute atomic E-state index is 0.0186. The summed E-state index contributed by atoms with van der Waals surface area (Å²) in [4.78, 5) is 29.5. The molecule has 1 fully saturated rings. The van der Waals surface area contributed by atoms with Gasteiger partial charge in [-0.3, -0.25) is 15.1 Å². The summed E-state index contributed by atoms with van der Waals surface area (Å²) < 4.78 is 0. The maximum absolute atomic E-state index is 11.6. The van der Waals surface area contributed by atoms with Crippen LogP contribution in [0.15, 0.2) is 36.7 Å². The molecule has 1 saturated heterocycles.